The molecule has 0 aliphatic rings. The Balaban J connectivity index is 1.67. The molecule has 1 unspecified atom stereocenters. The Labute approximate surface area is 157 Å². The maximum atomic E-state index is 12.0. The summed E-state index contributed by atoms with van der Waals surface area (Å²) in [6.07, 6.45) is 0. The van der Waals surface area contributed by atoms with Gasteiger partial charge in [-0.2, -0.15) is 0 Å². The van der Waals surface area contributed by atoms with Gasteiger partial charge in [-0.1, -0.05) is 40.2 Å². The number of methoxy groups -OCH3 is 1. The van der Waals surface area contributed by atoms with Gasteiger partial charge >= 0.3 is 0 Å². The molecule has 6 heteroatoms. The van der Waals surface area contributed by atoms with Crippen LogP contribution in [0.15, 0.2) is 53.0 Å². The number of rotatable bonds is 9. The third-order valence-electron chi connectivity index (χ3n) is 3.63. The summed E-state index contributed by atoms with van der Waals surface area (Å²) in [5.74, 6) is 1.38. The van der Waals surface area contributed by atoms with Gasteiger partial charge in [0.2, 0.25) is 0 Å². The van der Waals surface area contributed by atoms with Crippen LogP contribution in [0, 0.1) is 0 Å². The molecule has 0 spiro atoms. The topological polar surface area (TPSA) is 52.0 Å². The highest BCUT2D eigenvalue weighted by Gasteiger charge is 2.10. The van der Waals surface area contributed by atoms with Crippen molar-refractivity contribution in [2.45, 2.75) is 6.54 Å². The van der Waals surface area contributed by atoms with Crippen LogP contribution in [0.5, 0.6) is 11.5 Å². The van der Waals surface area contributed by atoms with E-state index >= 15 is 0 Å². The Kier molecular flexibility index (Phi) is 7.76. The molecular weight excluding hydrogens is 384 g/mol. The summed E-state index contributed by atoms with van der Waals surface area (Å²) < 4.78 is 11.9. The van der Waals surface area contributed by atoms with E-state index in [2.05, 4.69) is 33.4 Å². The summed E-state index contributed by atoms with van der Waals surface area (Å²) in [6.45, 7) is 2.09. The zero-order chi connectivity index (χ0) is 18.1. The number of carbonyl (C=O) groups excluding carboxylic acids is 1. The van der Waals surface area contributed by atoms with Gasteiger partial charge in [0.05, 0.1) is 20.7 Å². The van der Waals surface area contributed by atoms with E-state index in [4.69, 9.17) is 9.47 Å². The van der Waals surface area contributed by atoms with Gasteiger partial charge in [-0.05, 0) is 24.3 Å². The predicted molar refractivity (Wildman–Crippen MR) is 101 cm³/mol. The smallest absolute Gasteiger partial charge is 0.275 e. The fourth-order valence-corrected chi connectivity index (χ4v) is 2.70. The lowest BCUT2D eigenvalue weighted by molar-refractivity contribution is -0.885. The van der Waals surface area contributed by atoms with Gasteiger partial charge in [0.15, 0.2) is 18.0 Å². The first-order chi connectivity index (χ1) is 12.1. The Morgan fingerprint density at radius 1 is 1.12 bits per heavy atom. The van der Waals surface area contributed by atoms with E-state index in [-0.39, 0.29) is 5.91 Å². The lowest BCUT2D eigenvalue weighted by atomic mass is 10.2. The number of halogens is 1. The molecular formula is C19H24BrN2O3+. The summed E-state index contributed by atoms with van der Waals surface area (Å²) in [7, 11) is 3.61. The molecule has 2 rings (SSSR count). The lowest BCUT2D eigenvalue weighted by Crippen LogP contribution is -3.08. The number of likely N-dealkylation sites (N-methyl/N-ethyl adjacent to an activating group) is 1. The lowest BCUT2D eigenvalue weighted by Gasteiger charge is -2.14. The number of hydrogen-bond donors (Lipinski definition) is 2. The minimum Gasteiger partial charge on any atom is -0.493 e. The minimum absolute atomic E-state index is 0.0123. The molecule has 0 aliphatic carbocycles. The molecule has 0 radical (unpaired) electrons. The van der Waals surface area contributed by atoms with Crippen LogP contribution in [0.2, 0.25) is 0 Å². The standard InChI is InChI=1S/C19H23BrN2O3/c1-22(13-15-7-9-16(20)10-8-15)14-19(23)21-11-12-25-18-6-4-3-5-17(18)24-2/h3-10H,11-14H2,1-2H3,(H,21,23)/p+1. The second kappa shape index (κ2) is 10.1. The van der Waals surface area contributed by atoms with Gasteiger partial charge in [-0.25, -0.2) is 0 Å². The monoisotopic (exact) mass is 407 g/mol. The van der Waals surface area contributed by atoms with Crippen molar-refractivity contribution in [3.63, 3.8) is 0 Å². The average molecular weight is 408 g/mol. The maximum absolute atomic E-state index is 12.0. The van der Waals surface area contributed by atoms with E-state index in [1.54, 1.807) is 7.11 Å². The van der Waals surface area contributed by atoms with Crippen molar-refractivity contribution >= 4 is 21.8 Å². The fraction of sp³-hybridized carbons (Fsp3) is 0.316. The number of nitrogens with one attached hydrogen (secondary N) is 2. The molecule has 0 saturated carbocycles. The van der Waals surface area contributed by atoms with Crippen LogP contribution in [-0.4, -0.2) is 39.8 Å². The van der Waals surface area contributed by atoms with Crippen LogP contribution >= 0.6 is 15.9 Å². The minimum atomic E-state index is 0.0123. The van der Waals surface area contributed by atoms with E-state index in [0.717, 1.165) is 15.9 Å². The number of hydrogen-bond acceptors (Lipinski definition) is 3. The highest BCUT2D eigenvalue weighted by Crippen LogP contribution is 2.25. The molecule has 1 amide bonds. The second-order valence-corrected chi connectivity index (χ2v) is 6.70. The molecule has 2 aromatic rings. The van der Waals surface area contributed by atoms with Gasteiger partial charge < -0.3 is 19.7 Å². The largest absolute Gasteiger partial charge is 0.493 e. The van der Waals surface area contributed by atoms with Crippen molar-refractivity contribution in [2.75, 3.05) is 33.9 Å². The number of benzene rings is 2. The highest BCUT2D eigenvalue weighted by molar-refractivity contribution is 9.10. The van der Waals surface area contributed by atoms with E-state index in [1.807, 2.05) is 43.4 Å². The van der Waals surface area contributed by atoms with Crippen molar-refractivity contribution in [1.29, 1.82) is 0 Å². The van der Waals surface area contributed by atoms with E-state index in [0.29, 0.717) is 31.2 Å². The first kappa shape index (κ1) is 19.3. The molecule has 1 atom stereocenters. The van der Waals surface area contributed by atoms with Crippen molar-refractivity contribution < 1.29 is 19.2 Å². The number of ether oxygens (including phenoxy) is 2. The van der Waals surface area contributed by atoms with Crippen LogP contribution in [0.4, 0.5) is 0 Å². The molecule has 134 valence electrons. The third kappa shape index (κ3) is 6.76. The molecule has 0 saturated heterocycles. The van der Waals surface area contributed by atoms with Crippen LogP contribution in [-0.2, 0) is 11.3 Å². The van der Waals surface area contributed by atoms with Gasteiger partial charge in [-0.15, -0.1) is 0 Å². The summed E-state index contributed by atoms with van der Waals surface area (Å²) in [6, 6.07) is 15.6. The van der Waals surface area contributed by atoms with Crippen LogP contribution in [0.25, 0.3) is 0 Å². The van der Waals surface area contributed by atoms with Gasteiger partial charge in [0.25, 0.3) is 5.91 Å². The second-order valence-electron chi connectivity index (χ2n) is 5.79. The summed E-state index contributed by atoms with van der Waals surface area (Å²) in [5.41, 5.74) is 1.20. The Hall–Kier alpha value is -2.05. The van der Waals surface area contributed by atoms with Crippen LogP contribution in [0.1, 0.15) is 5.56 Å². The number of carbonyl (C=O) groups is 1. The van der Waals surface area contributed by atoms with E-state index in [1.165, 1.54) is 5.56 Å². The van der Waals surface area contributed by atoms with Crippen LogP contribution in [0.3, 0.4) is 0 Å². The predicted octanol–water partition coefficient (Wildman–Crippen LogP) is 1.67. The van der Waals surface area contributed by atoms with Gasteiger partial charge in [0.1, 0.15) is 13.2 Å². The fourth-order valence-electron chi connectivity index (χ4n) is 2.44. The maximum Gasteiger partial charge on any atom is 0.275 e. The van der Waals surface area contributed by atoms with Crippen molar-refractivity contribution in [2.24, 2.45) is 0 Å². The molecule has 5 nitrogen and oxygen atoms in total. The molecule has 0 aromatic heterocycles. The molecule has 2 aromatic carbocycles. The van der Waals surface area contributed by atoms with Crippen molar-refractivity contribution in [1.82, 2.24) is 5.32 Å². The Bertz CT molecular complexity index is 677. The molecule has 25 heavy (non-hydrogen) atoms. The Morgan fingerprint density at radius 3 is 2.48 bits per heavy atom. The Morgan fingerprint density at radius 2 is 1.80 bits per heavy atom. The average Bonchev–Trinajstić information content (AvgIpc) is 2.61. The normalized spacial score (nSPS) is 11.6. The number of amides is 1. The quantitative estimate of drug-likeness (QED) is 0.621. The third-order valence-corrected chi connectivity index (χ3v) is 4.16. The summed E-state index contributed by atoms with van der Waals surface area (Å²) in [4.78, 5) is 13.1. The highest BCUT2D eigenvalue weighted by atomic mass is 79.9. The van der Waals surface area contributed by atoms with Gasteiger partial charge in [0, 0.05) is 10.0 Å². The first-order valence-corrected chi connectivity index (χ1v) is 8.96. The zero-order valence-corrected chi connectivity index (χ0v) is 16.1. The SMILES string of the molecule is COc1ccccc1OCCNC(=O)C[NH+](C)Cc1ccc(Br)cc1. The first-order valence-electron chi connectivity index (χ1n) is 8.16. The zero-order valence-electron chi connectivity index (χ0n) is 14.5. The summed E-state index contributed by atoms with van der Waals surface area (Å²) >= 11 is 3.42. The number of quaternary nitrogens is 1. The van der Waals surface area contributed by atoms with Crippen LogP contribution < -0.4 is 19.7 Å². The van der Waals surface area contributed by atoms with E-state index < -0.39 is 0 Å². The number of para-hydroxylation sites is 2. The van der Waals surface area contributed by atoms with Crippen molar-refractivity contribution in [3.8, 4) is 11.5 Å². The van der Waals surface area contributed by atoms with Crippen molar-refractivity contribution in [3.05, 3.63) is 58.6 Å². The molecule has 0 heterocycles. The summed E-state index contributed by atoms with van der Waals surface area (Å²) in [5, 5.41) is 2.88. The van der Waals surface area contributed by atoms with Gasteiger partial charge in [-0.3, -0.25) is 4.79 Å². The molecule has 0 bridgehead atoms. The molecule has 2 N–H and O–H groups in total. The van der Waals surface area contributed by atoms with E-state index in [9.17, 15) is 4.79 Å². The molecule has 0 fully saturated rings. The molecule has 0 aliphatic heterocycles.